The highest BCUT2D eigenvalue weighted by molar-refractivity contribution is 6.09. The Morgan fingerprint density at radius 3 is 2.57 bits per heavy atom. The zero-order valence-electron chi connectivity index (χ0n) is 18.7. The number of alkyl halides is 3. The van der Waals surface area contributed by atoms with E-state index in [2.05, 4.69) is 5.32 Å². The number of carbonyl (C=O) groups excluding carboxylic acids is 2. The van der Waals surface area contributed by atoms with Gasteiger partial charge in [0.15, 0.2) is 18.1 Å². The fraction of sp³-hybridized carbons (Fsp3) is 0.292. The summed E-state index contributed by atoms with van der Waals surface area (Å²) in [5.41, 5.74) is -0.951. The summed E-state index contributed by atoms with van der Waals surface area (Å²) < 4.78 is 54.8. The van der Waals surface area contributed by atoms with E-state index >= 15 is 0 Å². The summed E-state index contributed by atoms with van der Waals surface area (Å²) in [5, 5.41) is 11.7. The van der Waals surface area contributed by atoms with Gasteiger partial charge in [0.1, 0.15) is 11.6 Å². The molecule has 1 aliphatic heterocycles. The molecule has 2 aromatic rings. The topological polar surface area (TPSA) is 101 Å². The van der Waals surface area contributed by atoms with Crippen LogP contribution in [0.5, 0.6) is 11.5 Å². The maximum absolute atomic E-state index is 12.9. The van der Waals surface area contributed by atoms with E-state index in [-0.39, 0.29) is 35.3 Å². The van der Waals surface area contributed by atoms with Crippen molar-refractivity contribution in [1.29, 1.82) is 5.26 Å². The van der Waals surface area contributed by atoms with Crippen molar-refractivity contribution in [1.82, 2.24) is 4.90 Å². The molecule has 1 fully saturated rings. The molecule has 2 amide bonds. The first kappa shape index (κ1) is 25.6. The number of anilines is 1. The number of rotatable bonds is 7. The number of nitrogens with one attached hydrogen (secondary N) is 1. The molecule has 3 rings (SSSR count). The first-order valence-electron chi connectivity index (χ1n) is 10.5. The number of benzene rings is 2. The van der Waals surface area contributed by atoms with Crippen LogP contribution in [-0.2, 0) is 20.5 Å². The van der Waals surface area contributed by atoms with Gasteiger partial charge in [0.25, 0.3) is 11.8 Å². The molecule has 2 aromatic carbocycles. The molecule has 0 unspecified atom stereocenters. The van der Waals surface area contributed by atoms with Gasteiger partial charge in [0, 0.05) is 18.8 Å². The van der Waals surface area contributed by atoms with Gasteiger partial charge >= 0.3 is 6.18 Å². The van der Waals surface area contributed by atoms with Crippen molar-refractivity contribution < 1.29 is 37.0 Å². The van der Waals surface area contributed by atoms with Gasteiger partial charge < -0.3 is 24.4 Å². The van der Waals surface area contributed by atoms with Gasteiger partial charge in [-0.25, -0.2) is 0 Å². The maximum Gasteiger partial charge on any atom is 0.416 e. The Hall–Kier alpha value is -4.04. The molecule has 0 saturated carbocycles. The van der Waals surface area contributed by atoms with Crippen molar-refractivity contribution in [2.45, 2.75) is 6.18 Å². The van der Waals surface area contributed by atoms with Crippen molar-refractivity contribution >= 4 is 23.6 Å². The summed E-state index contributed by atoms with van der Waals surface area (Å²) in [6.45, 7) is 1.72. The van der Waals surface area contributed by atoms with Crippen LogP contribution >= 0.6 is 0 Å². The van der Waals surface area contributed by atoms with Crippen LogP contribution in [0.2, 0.25) is 0 Å². The van der Waals surface area contributed by atoms with Crippen molar-refractivity contribution in [3.05, 3.63) is 59.2 Å². The Kier molecular flexibility index (Phi) is 8.33. The monoisotopic (exact) mass is 489 g/mol. The Morgan fingerprint density at radius 1 is 1.17 bits per heavy atom. The Labute approximate surface area is 199 Å². The smallest absolute Gasteiger partial charge is 0.416 e. The first-order valence-corrected chi connectivity index (χ1v) is 10.5. The Morgan fingerprint density at radius 2 is 1.91 bits per heavy atom. The summed E-state index contributed by atoms with van der Waals surface area (Å²) in [7, 11) is 1.39. The van der Waals surface area contributed by atoms with Crippen molar-refractivity contribution in [2.75, 3.05) is 45.3 Å². The van der Waals surface area contributed by atoms with Gasteiger partial charge in [-0.3, -0.25) is 9.59 Å². The van der Waals surface area contributed by atoms with Crippen LogP contribution in [0.15, 0.2) is 48.0 Å². The SMILES string of the molecule is COc1cc(/C=C(\C#N)C(=O)Nc2cccc(C(F)(F)F)c2)ccc1OCC(=O)N1CCOCC1. The van der Waals surface area contributed by atoms with Crippen LogP contribution in [0.25, 0.3) is 6.08 Å². The van der Waals surface area contributed by atoms with E-state index < -0.39 is 17.6 Å². The lowest BCUT2D eigenvalue weighted by Crippen LogP contribution is -2.43. The highest BCUT2D eigenvalue weighted by Gasteiger charge is 2.30. The molecule has 11 heteroatoms. The Balaban J connectivity index is 1.70. The van der Waals surface area contributed by atoms with Gasteiger partial charge in [0.05, 0.1) is 25.9 Å². The van der Waals surface area contributed by atoms with Crippen LogP contribution in [0.1, 0.15) is 11.1 Å². The molecule has 0 aromatic heterocycles. The largest absolute Gasteiger partial charge is 0.493 e. The number of nitrogens with zero attached hydrogens (tertiary/aromatic N) is 2. The summed E-state index contributed by atoms with van der Waals surface area (Å²) in [5.74, 6) is -0.512. The van der Waals surface area contributed by atoms with E-state index in [0.29, 0.717) is 31.9 Å². The average Bonchev–Trinajstić information content (AvgIpc) is 2.86. The quantitative estimate of drug-likeness (QED) is 0.472. The lowest BCUT2D eigenvalue weighted by molar-refractivity contribution is -0.138. The van der Waals surface area contributed by atoms with E-state index in [4.69, 9.17) is 14.2 Å². The molecule has 1 saturated heterocycles. The maximum atomic E-state index is 12.9. The molecule has 1 aliphatic rings. The summed E-state index contributed by atoms with van der Waals surface area (Å²) >= 11 is 0. The van der Waals surface area contributed by atoms with Crippen LogP contribution in [0.4, 0.5) is 18.9 Å². The van der Waals surface area contributed by atoms with Crippen molar-refractivity contribution in [3.8, 4) is 17.6 Å². The van der Waals surface area contributed by atoms with Crippen molar-refractivity contribution in [3.63, 3.8) is 0 Å². The number of ether oxygens (including phenoxy) is 3. The summed E-state index contributed by atoms with van der Waals surface area (Å²) in [6.07, 6.45) is -3.31. The lowest BCUT2D eigenvalue weighted by atomic mass is 10.1. The predicted molar refractivity (Wildman–Crippen MR) is 120 cm³/mol. The number of nitriles is 1. The number of methoxy groups -OCH3 is 1. The number of amides is 2. The second-order valence-electron chi connectivity index (χ2n) is 7.39. The molecule has 184 valence electrons. The molecule has 35 heavy (non-hydrogen) atoms. The second-order valence-corrected chi connectivity index (χ2v) is 7.39. The van der Waals surface area contributed by atoms with E-state index in [0.717, 1.165) is 18.2 Å². The number of halogens is 3. The predicted octanol–water partition coefficient (Wildman–Crippen LogP) is 3.50. The van der Waals surface area contributed by atoms with Gasteiger partial charge in [-0.15, -0.1) is 0 Å². The summed E-state index contributed by atoms with van der Waals surface area (Å²) in [4.78, 5) is 26.4. The molecule has 8 nitrogen and oxygen atoms in total. The average molecular weight is 489 g/mol. The molecule has 0 aliphatic carbocycles. The highest BCUT2D eigenvalue weighted by Crippen LogP contribution is 2.31. The fourth-order valence-corrected chi connectivity index (χ4v) is 3.22. The summed E-state index contributed by atoms with van der Waals surface area (Å²) in [6, 6.07) is 10.4. The van der Waals surface area contributed by atoms with E-state index in [1.165, 1.54) is 31.4 Å². The second kappa shape index (κ2) is 11.4. The molecule has 0 radical (unpaired) electrons. The molecule has 0 bridgehead atoms. The van der Waals surface area contributed by atoms with Gasteiger partial charge in [-0.1, -0.05) is 12.1 Å². The van der Waals surface area contributed by atoms with Gasteiger partial charge in [-0.05, 0) is 42.0 Å². The minimum Gasteiger partial charge on any atom is -0.493 e. The zero-order chi connectivity index (χ0) is 25.4. The Bertz CT molecular complexity index is 1150. The van der Waals surface area contributed by atoms with Crippen LogP contribution in [0.3, 0.4) is 0 Å². The molecule has 0 atom stereocenters. The van der Waals surface area contributed by atoms with Crippen LogP contribution in [0, 0.1) is 11.3 Å². The highest BCUT2D eigenvalue weighted by atomic mass is 19.4. The molecule has 0 spiro atoms. The third kappa shape index (κ3) is 6.97. The fourth-order valence-electron chi connectivity index (χ4n) is 3.22. The minimum absolute atomic E-state index is 0.0998. The van der Waals surface area contributed by atoms with E-state index in [1.807, 2.05) is 0 Å². The molecular weight excluding hydrogens is 467 g/mol. The van der Waals surface area contributed by atoms with Crippen LogP contribution in [-0.4, -0.2) is 56.7 Å². The lowest BCUT2D eigenvalue weighted by Gasteiger charge is -2.26. The molecule has 1 N–H and O–H groups in total. The van der Waals surface area contributed by atoms with Crippen LogP contribution < -0.4 is 14.8 Å². The number of hydrogen-bond acceptors (Lipinski definition) is 6. The van der Waals surface area contributed by atoms with Crippen molar-refractivity contribution in [2.24, 2.45) is 0 Å². The standard InChI is InChI=1S/C24H22F3N3O5/c1-33-21-12-16(5-6-20(21)35-15-22(31)30-7-9-34-10-8-30)11-17(14-28)23(32)29-19-4-2-3-18(13-19)24(25,26)27/h2-6,11-13H,7-10,15H2,1H3,(H,29,32)/b17-11+. The third-order valence-electron chi connectivity index (χ3n) is 5.03. The van der Waals surface area contributed by atoms with Gasteiger partial charge in [0.2, 0.25) is 0 Å². The van der Waals surface area contributed by atoms with E-state index in [1.54, 1.807) is 17.0 Å². The number of carbonyl (C=O) groups is 2. The normalized spacial score (nSPS) is 14.1. The molecule has 1 heterocycles. The third-order valence-corrected chi connectivity index (χ3v) is 5.03. The van der Waals surface area contributed by atoms with E-state index in [9.17, 15) is 28.0 Å². The number of morpholine rings is 1. The minimum atomic E-state index is -4.57. The van der Waals surface area contributed by atoms with Gasteiger partial charge in [-0.2, -0.15) is 18.4 Å². The number of hydrogen-bond donors (Lipinski definition) is 1. The molecular formula is C24H22F3N3O5. The zero-order valence-corrected chi connectivity index (χ0v) is 18.7. The first-order chi connectivity index (χ1) is 16.7.